The van der Waals surface area contributed by atoms with Crippen LogP contribution in [-0.4, -0.2) is 30.6 Å². The topological polar surface area (TPSA) is 29.3 Å². The maximum Gasteiger partial charge on any atom is 0.0138 e. The standard InChI is InChI=1S/C17H34N2/c1-13-7-9-19(10-8-13)16-11-15(17(2,3)4)6-5-14(16)12-18/h13-16H,5-12,18H2,1-4H3. The molecule has 1 saturated carbocycles. The highest BCUT2D eigenvalue weighted by molar-refractivity contribution is 4.92. The van der Waals surface area contributed by atoms with Gasteiger partial charge in [0.25, 0.3) is 0 Å². The highest BCUT2D eigenvalue weighted by Gasteiger charge is 2.38. The zero-order chi connectivity index (χ0) is 14.0. The molecule has 0 spiro atoms. The predicted molar refractivity (Wildman–Crippen MR) is 83.1 cm³/mol. The van der Waals surface area contributed by atoms with Gasteiger partial charge in [-0.05, 0) is 74.9 Å². The number of rotatable bonds is 2. The Hall–Kier alpha value is -0.0800. The minimum atomic E-state index is 0.459. The Balaban J connectivity index is 2.01. The Labute approximate surface area is 120 Å². The van der Waals surface area contributed by atoms with Gasteiger partial charge in [-0.25, -0.2) is 0 Å². The number of piperidine rings is 1. The Morgan fingerprint density at radius 1 is 1.05 bits per heavy atom. The van der Waals surface area contributed by atoms with Crippen molar-refractivity contribution in [3.05, 3.63) is 0 Å². The maximum absolute atomic E-state index is 6.06. The minimum Gasteiger partial charge on any atom is -0.330 e. The van der Waals surface area contributed by atoms with Crippen molar-refractivity contribution < 1.29 is 0 Å². The Bertz CT molecular complexity index is 273. The lowest BCUT2D eigenvalue weighted by molar-refractivity contribution is 0.0275. The monoisotopic (exact) mass is 266 g/mol. The molecule has 1 aliphatic heterocycles. The fourth-order valence-electron chi connectivity index (χ4n) is 4.08. The molecule has 0 bridgehead atoms. The summed E-state index contributed by atoms with van der Waals surface area (Å²) in [5.74, 6) is 2.54. The van der Waals surface area contributed by atoms with Crippen LogP contribution in [0.1, 0.15) is 59.8 Å². The smallest absolute Gasteiger partial charge is 0.0138 e. The van der Waals surface area contributed by atoms with Gasteiger partial charge in [0.05, 0.1) is 0 Å². The van der Waals surface area contributed by atoms with E-state index in [1.54, 1.807) is 0 Å². The molecule has 2 heteroatoms. The lowest BCUT2D eigenvalue weighted by Crippen LogP contribution is -2.50. The minimum absolute atomic E-state index is 0.459. The van der Waals surface area contributed by atoms with E-state index in [0.29, 0.717) is 5.41 Å². The van der Waals surface area contributed by atoms with Crippen LogP contribution in [0.4, 0.5) is 0 Å². The molecule has 0 aromatic carbocycles. The van der Waals surface area contributed by atoms with Gasteiger partial charge >= 0.3 is 0 Å². The number of nitrogens with zero attached hydrogens (tertiary/aromatic N) is 1. The summed E-state index contributed by atoms with van der Waals surface area (Å²) in [6.45, 7) is 13.1. The van der Waals surface area contributed by atoms with Gasteiger partial charge in [-0.2, -0.15) is 0 Å². The molecule has 1 aliphatic carbocycles. The molecule has 19 heavy (non-hydrogen) atoms. The van der Waals surface area contributed by atoms with Gasteiger partial charge < -0.3 is 10.6 Å². The van der Waals surface area contributed by atoms with E-state index >= 15 is 0 Å². The summed E-state index contributed by atoms with van der Waals surface area (Å²) in [6, 6.07) is 0.760. The highest BCUT2D eigenvalue weighted by atomic mass is 15.2. The molecule has 2 fully saturated rings. The average Bonchev–Trinajstić information content (AvgIpc) is 2.38. The first-order chi connectivity index (χ1) is 8.91. The molecule has 0 amide bonds. The van der Waals surface area contributed by atoms with Crippen molar-refractivity contribution in [1.82, 2.24) is 4.90 Å². The van der Waals surface area contributed by atoms with E-state index in [0.717, 1.165) is 30.3 Å². The van der Waals surface area contributed by atoms with Crippen LogP contribution in [0, 0.1) is 23.2 Å². The normalized spacial score (nSPS) is 35.5. The van der Waals surface area contributed by atoms with E-state index < -0.39 is 0 Å². The number of nitrogens with two attached hydrogens (primary N) is 1. The Kier molecular flexibility index (Phi) is 4.94. The van der Waals surface area contributed by atoms with E-state index in [2.05, 4.69) is 32.6 Å². The molecule has 3 unspecified atom stereocenters. The summed E-state index contributed by atoms with van der Waals surface area (Å²) in [7, 11) is 0. The molecule has 0 aromatic heterocycles. The first-order valence-electron chi connectivity index (χ1n) is 8.36. The van der Waals surface area contributed by atoms with Crippen LogP contribution in [-0.2, 0) is 0 Å². The number of hydrogen-bond donors (Lipinski definition) is 1. The quantitative estimate of drug-likeness (QED) is 0.829. The summed E-state index contributed by atoms with van der Waals surface area (Å²) >= 11 is 0. The molecule has 2 aliphatic rings. The Morgan fingerprint density at radius 3 is 2.21 bits per heavy atom. The van der Waals surface area contributed by atoms with Crippen LogP contribution in [0.3, 0.4) is 0 Å². The molecule has 2 N–H and O–H groups in total. The van der Waals surface area contributed by atoms with Crippen molar-refractivity contribution in [2.24, 2.45) is 28.9 Å². The molecule has 0 aromatic rings. The molecule has 2 nitrogen and oxygen atoms in total. The van der Waals surface area contributed by atoms with Crippen molar-refractivity contribution >= 4 is 0 Å². The second-order valence-electron chi connectivity index (χ2n) is 8.16. The summed E-state index contributed by atoms with van der Waals surface area (Å²) in [5, 5.41) is 0. The zero-order valence-corrected chi connectivity index (χ0v) is 13.5. The van der Waals surface area contributed by atoms with Crippen LogP contribution in [0.25, 0.3) is 0 Å². The summed E-state index contributed by atoms with van der Waals surface area (Å²) in [6.07, 6.45) is 6.86. The third kappa shape index (κ3) is 3.72. The molecule has 112 valence electrons. The average molecular weight is 266 g/mol. The summed E-state index contributed by atoms with van der Waals surface area (Å²) in [5.41, 5.74) is 6.51. The molecule has 1 heterocycles. The number of hydrogen-bond acceptors (Lipinski definition) is 2. The van der Waals surface area contributed by atoms with E-state index in [-0.39, 0.29) is 0 Å². The van der Waals surface area contributed by atoms with Crippen molar-refractivity contribution in [3.8, 4) is 0 Å². The van der Waals surface area contributed by atoms with E-state index in [1.165, 1.54) is 45.2 Å². The molecule has 1 saturated heterocycles. The van der Waals surface area contributed by atoms with Gasteiger partial charge in [-0.1, -0.05) is 27.7 Å². The van der Waals surface area contributed by atoms with Crippen LogP contribution in [0.5, 0.6) is 0 Å². The van der Waals surface area contributed by atoms with Gasteiger partial charge in [0.2, 0.25) is 0 Å². The maximum atomic E-state index is 6.06. The fraction of sp³-hybridized carbons (Fsp3) is 1.00. The second kappa shape index (κ2) is 6.13. The van der Waals surface area contributed by atoms with Gasteiger partial charge in [0.15, 0.2) is 0 Å². The van der Waals surface area contributed by atoms with Crippen LogP contribution >= 0.6 is 0 Å². The Morgan fingerprint density at radius 2 is 1.68 bits per heavy atom. The largest absolute Gasteiger partial charge is 0.330 e. The predicted octanol–water partition coefficient (Wildman–Crippen LogP) is 3.51. The highest BCUT2D eigenvalue weighted by Crippen LogP contribution is 2.42. The van der Waals surface area contributed by atoms with Gasteiger partial charge in [-0.3, -0.25) is 0 Å². The molecule has 0 radical (unpaired) electrons. The van der Waals surface area contributed by atoms with Gasteiger partial charge in [0.1, 0.15) is 0 Å². The van der Waals surface area contributed by atoms with Crippen molar-refractivity contribution in [3.63, 3.8) is 0 Å². The zero-order valence-electron chi connectivity index (χ0n) is 13.5. The van der Waals surface area contributed by atoms with Crippen LogP contribution < -0.4 is 5.73 Å². The third-order valence-corrected chi connectivity index (χ3v) is 5.77. The molecular formula is C17H34N2. The fourth-order valence-corrected chi connectivity index (χ4v) is 4.08. The van der Waals surface area contributed by atoms with Crippen molar-refractivity contribution in [2.45, 2.75) is 65.8 Å². The lowest BCUT2D eigenvalue weighted by Gasteiger charge is -2.47. The van der Waals surface area contributed by atoms with Crippen LogP contribution in [0.15, 0.2) is 0 Å². The summed E-state index contributed by atoms with van der Waals surface area (Å²) < 4.78 is 0. The molecular weight excluding hydrogens is 232 g/mol. The van der Waals surface area contributed by atoms with E-state index in [1.807, 2.05) is 0 Å². The molecule has 2 rings (SSSR count). The first kappa shape index (κ1) is 15.3. The van der Waals surface area contributed by atoms with E-state index in [4.69, 9.17) is 5.73 Å². The van der Waals surface area contributed by atoms with Gasteiger partial charge in [0, 0.05) is 6.04 Å². The van der Waals surface area contributed by atoms with Crippen LogP contribution in [0.2, 0.25) is 0 Å². The third-order valence-electron chi connectivity index (χ3n) is 5.77. The lowest BCUT2D eigenvalue weighted by atomic mass is 9.67. The molecule has 3 atom stereocenters. The van der Waals surface area contributed by atoms with Crippen molar-refractivity contribution in [2.75, 3.05) is 19.6 Å². The van der Waals surface area contributed by atoms with E-state index in [9.17, 15) is 0 Å². The SMILES string of the molecule is CC1CCN(C2CC(C(C)(C)C)CCC2CN)CC1. The summed E-state index contributed by atoms with van der Waals surface area (Å²) in [4.78, 5) is 2.77. The van der Waals surface area contributed by atoms with Gasteiger partial charge in [-0.15, -0.1) is 0 Å². The van der Waals surface area contributed by atoms with Crippen molar-refractivity contribution in [1.29, 1.82) is 0 Å². The second-order valence-corrected chi connectivity index (χ2v) is 8.16. The number of likely N-dealkylation sites (tertiary alicyclic amines) is 1. The first-order valence-corrected chi connectivity index (χ1v) is 8.36.